The quantitative estimate of drug-likeness (QED) is 0.644. The first-order chi connectivity index (χ1) is 13.7. The molecular formula is C20H24FNO5S2. The Morgan fingerprint density at radius 2 is 1.59 bits per heavy atom. The first kappa shape index (κ1) is 21.7. The molecule has 1 aliphatic heterocycles. The largest absolute Gasteiger partial charge is 0.494 e. The molecule has 2 aromatic carbocycles. The van der Waals surface area contributed by atoms with Crippen molar-refractivity contribution in [2.24, 2.45) is 0 Å². The minimum atomic E-state index is -3.72. The van der Waals surface area contributed by atoms with Crippen LogP contribution in [-0.4, -0.2) is 46.1 Å². The summed E-state index contributed by atoms with van der Waals surface area (Å²) in [6.07, 6.45) is 0.379. The molecule has 0 unspecified atom stereocenters. The van der Waals surface area contributed by atoms with Crippen LogP contribution in [0, 0.1) is 12.7 Å². The fourth-order valence-electron chi connectivity index (χ4n) is 3.45. The van der Waals surface area contributed by atoms with Crippen molar-refractivity contribution in [2.45, 2.75) is 41.7 Å². The van der Waals surface area contributed by atoms with Gasteiger partial charge in [-0.25, -0.2) is 21.2 Å². The number of rotatable bonds is 6. The van der Waals surface area contributed by atoms with Crippen LogP contribution in [0.5, 0.6) is 5.75 Å². The van der Waals surface area contributed by atoms with E-state index in [9.17, 15) is 21.2 Å². The minimum absolute atomic E-state index is 0.0577. The van der Waals surface area contributed by atoms with Gasteiger partial charge in [-0.1, -0.05) is 0 Å². The number of sulfonamides is 1. The van der Waals surface area contributed by atoms with Gasteiger partial charge in [-0.15, -0.1) is 0 Å². The molecule has 0 N–H and O–H groups in total. The van der Waals surface area contributed by atoms with Gasteiger partial charge in [-0.3, -0.25) is 0 Å². The highest BCUT2D eigenvalue weighted by Gasteiger charge is 2.35. The highest BCUT2D eigenvalue weighted by Crippen LogP contribution is 2.29. The van der Waals surface area contributed by atoms with E-state index in [2.05, 4.69) is 0 Å². The van der Waals surface area contributed by atoms with E-state index < -0.39 is 30.9 Å². The van der Waals surface area contributed by atoms with E-state index in [0.29, 0.717) is 12.4 Å². The summed E-state index contributed by atoms with van der Waals surface area (Å²) in [6, 6.07) is 9.43. The second-order valence-electron chi connectivity index (χ2n) is 6.96. The minimum Gasteiger partial charge on any atom is -0.494 e. The van der Waals surface area contributed by atoms with Gasteiger partial charge in [0, 0.05) is 13.1 Å². The lowest BCUT2D eigenvalue weighted by Crippen LogP contribution is -2.42. The first-order valence-electron chi connectivity index (χ1n) is 9.39. The Bertz CT molecular complexity index is 1070. The van der Waals surface area contributed by atoms with Crippen molar-refractivity contribution in [1.82, 2.24) is 4.31 Å². The molecule has 0 bridgehead atoms. The van der Waals surface area contributed by atoms with Crippen LogP contribution in [0.2, 0.25) is 0 Å². The van der Waals surface area contributed by atoms with Crippen LogP contribution in [0.4, 0.5) is 4.39 Å². The van der Waals surface area contributed by atoms with Gasteiger partial charge in [0.2, 0.25) is 10.0 Å². The molecule has 0 spiro atoms. The van der Waals surface area contributed by atoms with Crippen LogP contribution in [-0.2, 0) is 19.9 Å². The van der Waals surface area contributed by atoms with Crippen LogP contribution in [0.15, 0.2) is 52.3 Å². The Morgan fingerprint density at radius 1 is 1.00 bits per heavy atom. The fourth-order valence-corrected chi connectivity index (χ4v) is 6.74. The lowest BCUT2D eigenvalue weighted by atomic mass is 10.2. The molecule has 0 saturated carbocycles. The maximum atomic E-state index is 13.1. The van der Waals surface area contributed by atoms with E-state index in [-0.39, 0.29) is 35.7 Å². The number of nitrogens with zero attached hydrogens (tertiary/aromatic N) is 1. The maximum Gasteiger partial charge on any atom is 0.243 e. The Hall–Kier alpha value is -1.97. The zero-order valence-corrected chi connectivity index (χ0v) is 18.0. The summed E-state index contributed by atoms with van der Waals surface area (Å²) in [5.41, 5.74) is 0.724. The number of ether oxygens (including phenoxy) is 1. The van der Waals surface area contributed by atoms with Crippen molar-refractivity contribution in [2.75, 3.05) is 19.7 Å². The predicted octanol–water partition coefficient (Wildman–Crippen LogP) is 3.16. The predicted molar refractivity (Wildman–Crippen MR) is 108 cm³/mol. The summed E-state index contributed by atoms with van der Waals surface area (Å²) in [5.74, 6) is 0.131. The molecule has 1 heterocycles. The van der Waals surface area contributed by atoms with Crippen molar-refractivity contribution >= 4 is 19.9 Å². The molecule has 0 amide bonds. The summed E-state index contributed by atoms with van der Waals surface area (Å²) in [5, 5.41) is -0.693. The number of halogens is 1. The molecule has 3 rings (SSSR count). The van der Waals surface area contributed by atoms with Crippen LogP contribution in [0.3, 0.4) is 0 Å². The molecule has 1 aliphatic rings. The molecule has 6 nitrogen and oxygen atoms in total. The van der Waals surface area contributed by atoms with Crippen LogP contribution < -0.4 is 4.74 Å². The van der Waals surface area contributed by atoms with Crippen LogP contribution in [0.1, 0.15) is 25.3 Å². The van der Waals surface area contributed by atoms with Crippen molar-refractivity contribution in [3.63, 3.8) is 0 Å². The molecule has 29 heavy (non-hydrogen) atoms. The van der Waals surface area contributed by atoms with E-state index in [4.69, 9.17) is 4.74 Å². The molecule has 0 aliphatic carbocycles. The third-order valence-electron chi connectivity index (χ3n) is 5.07. The molecule has 2 aromatic rings. The summed E-state index contributed by atoms with van der Waals surface area (Å²) >= 11 is 0. The number of benzene rings is 2. The fraction of sp³-hybridized carbons (Fsp3) is 0.400. The molecule has 1 saturated heterocycles. The molecule has 158 valence electrons. The molecular weight excluding hydrogens is 417 g/mol. The number of piperidine rings is 1. The van der Waals surface area contributed by atoms with Gasteiger partial charge in [0.15, 0.2) is 9.84 Å². The number of hydrogen-bond donors (Lipinski definition) is 0. The van der Waals surface area contributed by atoms with E-state index in [0.717, 1.165) is 17.7 Å². The van der Waals surface area contributed by atoms with Crippen molar-refractivity contribution < 1.29 is 26.0 Å². The van der Waals surface area contributed by atoms with Crippen molar-refractivity contribution in [3.8, 4) is 5.75 Å². The summed E-state index contributed by atoms with van der Waals surface area (Å²) in [7, 11) is -7.36. The summed E-state index contributed by atoms with van der Waals surface area (Å²) in [4.78, 5) is 0.223. The van der Waals surface area contributed by atoms with Gasteiger partial charge < -0.3 is 4.74 Å². The monoisotopic (exact) mass is 441 g/mol. The maximum absolute atomic E-state index is 13.1. The first-order valence-corrected chi connectivity index (χ1v) is 12.4. The van der Waals surface area contributed by atoms with Gasteiger partial charge in [0.05, 0.1) is 21.6 Å². The van der Waals surface area contributed by atoms with E-state index in [1.807, 2.05) is 6.92 Å². The zero-order chi connectivity index (χ0) is 21.2. The SMILES string of the molecule is CCOc1ccc(S(=O)(=O)N2CCC(S(=O)(=O)c3ccc(F)cc3)CC2)cc1C. The van der Waals surface area contributed by atoms with Crippen LogP contribution >= 0.6 is 0 Å². The molecule has 0 aromatic heterocycles. The average Bonchev–Trinajstić information content (AvgIpc) is 2.70. The Balaban J connectivity index is 1.74. The Labute approximate surface area is 171 Å². The number of sulfone groups is 1. The average molecular weight is 442 g/mol. The standard InChI is InChI=1S/C20H24FNO5S2/c1-3-27-20-9-8-19(14-15(20)2)29(25,26)22-12-10-18(11-13-22)28(23,24)17-6-4-16(21)5-7-17/h4-9,14,18H,3,10-13H2,1-2H3. The van der Waals surface area contributed by atoms with Crippen LogP contribution in [0.25, 0.3) is 0 Å². The van der Waals surface area contributed by atoms with Gasteiger partial charge in [0.25, 0.3) is 0 Å². The topological polar surface area (TPSA) is 80.8 Å². The highest BCUT2D eigenvalue weighted by molar-refractivity contribution is 7.92. The lowest BCUT2D eigenvalue weighted by molar-refractivity contribution is 0.337. The van der Waals surface area contributed by atoms with Crippen molar-refractivity contribution in [3.05, 3.63) is 53.8 Å². The Kier molecular flexibility index (Phi) is 6.30. The summed E-state index contributed by atoms with van der Waals surface area (Å²) in [6.45, 7) is 4.35. The molecule has 0 radical (unpaired) electrons. The Morgan fingerprint density at radius 3 is 2.14 bits per heavy atom. The zero-order valence-electron chi connectivity index (χ0n) is 16.3. The van der Waals surface area contributed by atoms with E-state index in [1.165, 1.54) is 22.5 Å². The second kappa shape index (κ2) is 8.41. The van der Waals surface area contributed by atoms with Gasteiger partial charge in [-0.2, -0.15) is 4.31 Å². The normalized spacial score (nSPS) is 16.7. The van der Waals surface area contributed by atoms with Crippen molar-refractivity contribution in [1.29, 1.82) is 0 Å². The smallest absolute Gasteiger partial charge is 0.243 e. The molecule has 1 fully saturated rings. The lowest BCUT2D eigenvalue weighted by Gasteiger charge is -2.31. The van der Waals surface area contributed by atoms with Gasteiger partial charge in [-0.05, 0) is 74.7 Å². The molecule has 0 atom stereocenters. The second-order valence-corrected chi connectivity index (χ2v) is 11.1. The molecule has 9 heteroatoms. The third kappa shape index (κ3) is 4.46. The van der Waals surface area contributed by atoms with E-state index >= 15 is 0 Å². The highest BCUT2D eigenvalue weighted by atomic mass is 32.2. The third-order valence-corrected chi connectivity index (χ3v) is 9.24. The number of aryl methyl sites for hydroxylation is 1. The van der Waals surface area contributed by atoms with Gasteiger partial charge >= 0.3 is 0 Å². The van der Waals surface area contributed by atoms with E-state index in [1.54, 1.807) is 19.1 Å². The summed E-state index contributed by atoms with van der Waals surface area (Å²) < 4.78 is 71.3. The number of hydrogen-bond acceptors (Lipinski definition) is 5. The van der Waals surface area contributed by atoms with Gasteiger partial charge in [0.1, 0.15) is 11.6 Å².